The molecule has 2 aliphatic carbocycles. The molecule has 1 aliphatic heterocycles. The number of halogens is 2. The highest BCUT2D eigenvalue weighted by Gasteiger charge is 2.33. The van der Waals surface area contributed by atoms with Gasteiger partial charge < -0.3 is 4.90 Å². The van der Waals surface area contributed by atoms with Gasteiger partial charge in [0.05, 0.1) is 11.4 Å². The van der Waals surface area contributed by atoms with Crippen molar-refractivity contribution in [3.8, 4) is 16.9 Å². The molecule has 0 radical (unpaired) electrons. The molecule has 6 rings (SSSR count). The normalized spacial score (nSPS) is 18.5. The molecule has 3 aliphatic rings. The molecule has 3 heterocycles. The van der Waals surface area contributed by atoms with Crippen molar-refractivity contribution in [2.75, 3.05) is 32.7 Å². The van der Waals surface area contributed by atoms with Crippen molar-refractivity contribution in [2.24, 2.45) is 5.92 Å². The number of hydrogen-bond donors (Lipinski definition) is 0. The highest BCUT2D eigenvalue weighted by molar-refractivity contribution is 7.10. The van der Waals surface area contributed by atoms with E-state index in [1.165, 1.54) is 23.8 Å². The van der Waals surface area contributed by atoms with Crippen molar-refractivity contribution in [3.05, 3.63) is 57.4 Å². The molecule has 0 N–H and O–H groups in total. The van der Waals surface area contributed by atoms with Gasteiger partial charge in [-0.1, -0.05) is 0 Å². The first kappa shape index (κ1) is 20.1. The number of aromatic nitrogens is 2. The number of carbonyl (C=O) groups excluding carboxylic acids is 1. The Morgan fingerprint density at radius 2 is 1.88 bits per heavy atom. The fourth-order valence-corrected chi connectivity index (χ4v) is 5.75. The molecule has 166 valence electrons. The fraction of sp³-hybridized carbons (Fsp3) is 0.417. The molecule has 1 amide bonds. The minimum absolute atomic E-state index is 0.0627. The van der Waals surface area contributed by atoms with E-state index in [0.29, 0.717) is 24.5 Å². The average Bonchev–Trinajstić information content (AvgIpc) is 3.33. The summed E-state index contributed by atoms with van der Waals surface area (Å²) in [4.78, 5) is 19.1. The molecule has 0 spiro atoms. The van der Waals surface area contributed by atoms with E-state index in [-0.39, 0.29) is 5.91 Å². The van der Waals surface area contributed by atoms with Crippen molar-refractivity contribution in [1.82, 2.24) is 19.6 Å². The van der Waals surface area contributed by atoms with Crippen molar-refractivity contribution < 1.29 is 13.6 Å². The van der Waals surface area contributed by atoms with Gasteiger partial charge in [0.1, 0.15) is 0 Å². The van der Waals surface area contributed by atoms with Crippen LogP contribution in [0.5, 0.6) is 0 Å². The smallest absolute Gasteiger partial charge is 0.274 e. The molecular weight excluding hydrogens is 430 g/mol. The van der Waals surface area contributed by atoms with E-state index in [0.717, 1.165) is 67.3 Å². The van der Waals surface area contributed by atoms with Gasteiger partial charge in [-0.05, 0) is 55.2 Å². The maximum Gasteiger partial charge on any atom is 0.274 e. The molecule has 32 heavy (non-hydrogen) atoms. The number of rotatable bonds is 4. The summed E-state index contributed by atoms with van der Waals surface area (Å²) < 4.78 is 29.2. The van der Waals surface area contributed by atoms with Gasteiger partial charge in [-0.3, -0.25) is 9.69 Å². The Hall–Kier alpha value is -2.58. The molecule has 0 atom stereocenters. The average molecular weight is 455 g/mol. The van der Waals surface area contributed by atoms with Crippen LogP contribution in [0.1, 0.15) is 33.8 Å². The first-order valence-electron chi connectivity index (χ1n) is 11.2. The van der Waals surface area contributed by atoms with Gasteiger partial charge in [-0.25, -0.2) is 13.5 Å². The van der Waals surface area contributed by atoms with Crippen LogP contribution >= 0.6 is 11.3 Å². The first-order valence-corrected chi connectivity index (χ1v) is 12.1. The highest BCUT2D eigenvalue weighted by atomic mass is 32.1. The number of amides is 1. The lowest BCUT2D eigenvalue weighted by molar-refractivity contribution is 0.0624. The van der Waals surface area contributed by atoms with Crippen molar-refractivity contribution in [2.45, 2.75) is 25.7 Å². The van der Waals surface area contributed by atoms with Crippen molar-refractivity contribution >= 4 is 17.2 Å². The monoisotopic (exact) mass is 454 g/mol. The van der Waals surface area contributed by atoms with Crippen LogP contribution < -0.4 is 0 Å². The van der Waals surface area contributed by atoms with Gasteiger partial charge in [0.15, 0.2) is 17.3 Å². The number of carbonyl (C=O) groups is 1. The van der Waals surface area contributed by atoms with Gasteiger partial charge in [-0.2, -0.15) is 5.10 Å². The third-order valence-electron chi connectivity index (χ3n) is 6.81. The number of benzene rings is 1. The van der Waals surface area contributed by atoms with Gasteiger partial charge in [0.2, 0.25) is 0 Å². The Morgan fingerprint density at radius 3 is 2.62 bits per heavy atom. The van der Waals surface area contributed by atoms with Gasteiger partial charge >= 0.3 is 0 Å². The molecular formula is C24H24F2N4OS. The predicted molar refractivity (Wildman–Crippen MR) is 119 cm³/mol. The van der Waals surface area contributed by atoms with E-state index < -0.39 is 11.6 Å². The van der Waals surface area contributed by atoms with Crippen molar-refractivity contribution in [1.29, 1.82) is 0 Å². The Kier molecular flexibility index (Phi) is 4.87. The van der Waals surface area contributed by atoms with Gasteiger partial charge in [0, 0.05) is 54.8 Å². The summed E-state index contributed by atoms with van der Waals surface area (Å²) in [6.07, 6.45) is 4.24. The van der Waals surface area contributed by atoms with Crippen LogP contribution in [0.3, 0.4) is 0 Å². The van der Waals surface area contributed by atoms with E-state index >= 15 is 0 Å². The second-order valence-corrected chi connectivity index (χ2v) is 9.98. The number of thiophene rings is 1. The predicted octanol–water partition coefficient (Wildman–Crippen LogP) is 4.15. The fourth-order valence-electron chi connectivity index (χ4n) is 4.87. The molecule has 0 bridgehead atoms. The SMILES string of the molecule is O=C(c1nn(-c2ccc(F)c(F)c2)c2c1CCc1sccc1-2)N1CCN(CC2CC2)CC1. The largest absolute Gasteiger partial charge is 0.335 e. The second-order valence-electron chi connectivity index (χ2n) is 8.98. The van der Waals surface area contributed by atoms with Crippen LogP contribution in [-0.4, -0.2) is 58.2 Å². The maximum atomic E-state index is 14.0. The van der Waals surface area contributed by atoms with Crippen LogP contribution in [0.25, 0.3) is 16.9 Å². The lowest BCUT2D eigenvalue weighted by Gasteiger charge is -2.34. The molecule has 8 heteroatoms. The van der Waals surface area contributed by atoms with Crippen LogP contribution in [0, 0.1) is 17.6 Å². The van der Waals surface area contributed by atoms with Crippen LogP contribution in [0.2, 0.25) is 0 Å². The minimum Gasteiger partial charge on any atom is -0.335 e. The summed E-state index contributed by atoms with van der Waals surface area (Å²) in [6.45, 7) is 4.32. The topological polar surface area (TPSA) is 41.4 Å². The third kappa shape index (κ3) is 3.46. The quantitative estimate of drug-likeness (QED) is 0.595. The van der Waals surface area contributed by atoms with E-state index in [9.17, 15) is 13.6 Å². The maximum absolute atomic E-state index is 14.0. The standard InChI is InChI=1S/C24H24F2N4OS/c25-19-5-3-16(13-20(19)26)30-23-17-7-12-32-21(17)6-4-18(23)22(27-30)24(31)29-10-8-28(9-11-29)14-15-1-2-15/h3,5,7,12-13,15H,1-2,4,6,8-11,14H2. The Labute approximate surface area is 189 Å². The van der Waals surface area contributed by atoms with Gasteiger partial charge in [-0.15, -0.1) is 11.3 Å². The molecule has 1 aromatic carbocycles. The molecule has 0 unspecified atom stereocenters. The Morgan fingerprint density at radius 1 is 1.06 bits per heavy atom. The zero-order valence-electron chi connectivity index (χ0n) is 17.7. The molecule has 3 aromatic rings. The zero-order valence-corrected chi connectivity index (χ0v) is 18.5. The molecule has 1 saturated carbocycles. The number of piperazine rings is 1. The number of hydrogen-bond acceptors (Lipinski definition) is 4. The third-order valence-corrected chi connectivity index (χ3v) is 7.79. The molecule has 2 fully saturated rings. The van der Waals surface area contributed by atoms with Crippen molar-refractivity contribution in [3.63, 3.8) is 0 Å². The lowest BCUT2D eigenvalue weighted by atomic mass is 9.94. The number of nitrogens with zero attached hydrogens (tertiary/aromatic N) is 4. The number of aryl methyl sites for hydroxylation is 1. The lowest BCUT2D eigenvalue weighted by Crippen LogP contribution is -2.49. The Balaban J connectivity index is 1.36. The summed E-state index contributed by atoms with van der Waals surface area (Å²) in [5, 5.41) is 6.72. The van der Waals surface area contributed by atoms with Crippen LogP contribution in [0.4, 0.5) is 8.78 Å². The van der Waals surface area contributed by atoms with E-state index in [1.54, 1.807) is 16.0 Å². The molecule has 5 nitrogen and oxygen atoms in total. The van der Waals surface area contributed by atoms with Crippen LogP contribution in [0.15, 0.2) is 29.6 Å². The van der Waals surface area contributed by atoms with E-state index in [2.05, 4.69) is 4.90 Å². The summed E-state index contributed by atoms with van der Waals surface area (Å²) >= 11 is 1.68. The van der Waals surface area contributed by atoms with Gasteiger partial charge in [0.25, 0.3) is 5.91 Å². The molecule has 1 saturated heterocycles. The summed E-state index contributed by atoms with van der Waals surface area (Å²) in [5.74, 6) is -1.04. The second kappa shape index (κ2) is 7.78. The summed E-state index contributed by atoms with van der Waals surface area (Å²) in [7, 11) is 0. The summed E-state index contributed by atoms with van der Waals surface area (Å²) in [5.41, 5.74) is 3.63. The number of fused-ring (bicyclic) bond motifs is 3. The van der Waals surface area contributed by atoms with E-state index in [1.807, 2.05) is 16.3 Å². The van der Waals surface area contributed by atoms with E-state index in [4.69, 9.17) is 5.10 Å². The summed E-state index contributed by atoms with van der Waals surface area (Å²) in [6, 6.07) is 5.79. The first-order chi connectivity index (χ1) is 15.6. The minimum atomic E-state index is -0.923. The molecule has 2 aromatic heterocycles. The zero-order chi connectivity index (χ0) is 21.8. The Bertz CT molecular complexity index is 1190. The highest BCUT2D eigenvalue weighted by Crippen LogP contribution is 2.40. The van der Waals surface area contributed by atoms with Crippen LogP contribution in [-0.2, 0) is 12.8 Å².